The highest BCUT2D eigenvalue weighted by Crippen LogP contribution is 2.48. The molecule has 5 rings (SSSR count). The minimum atomic E-state index is -4.31. The summed E-state index contributed by atoms with van der Waals surface area (Å²) >= 11 is 0. The van der Waals surface area contributed by atoms with Crippen molar-refractivity contribution in [2.24, 2.45) is 0 Å². The maximum atomic E-state index is 13.0. The van der Waals surface area contributed by atoms with Gasteiger partial charge in [0.1, 0.15) is 5.75 Å². The first-order valence-electron chi connectivity index (χ1n) is 12.9. The van der Waals surface area contributed by atoms with Crippen LogP contribution in [-0.4, -0.2) is 71.8 Å². The van der Waals surface area contributed by atoms with Crippen LogP contribution in [0.4, 0.5) is 5.69 Å². The van der Waals surface area contributed by atoms with Crippen LogP contribution in [-0.2, 0) is 14.9 Å². The number of ether oxygens (including phenoxy) is 4. The molecule has 2 aliphatic heterocycles. The van der Waals surface area contributed by atoms with Crippen LogP contribution in [0, 0.1) is 0 Å². The molecule has 2 aliphatic rings. The molecule has 1 saturated heterocycles. The Morgan fingerprint density at radius 1 is 0.744 bits per heavy atom. The number of imide groups is 1. The van der Waals surface area contributed by atoms with Crippen LogP contribution in [0.25, 0.3) is 0 Å². The fraction of sp³-hybridized carbons (Fsp3) is 0.233. The van der Waals surface area contributed by atoms with Crippen LogP contribution < -0.4 is 28.0 Å². The van der Waals surface area contributed by atoms with E-state index in [0.717, 1.165) is 4.90 Å². The zero-order valence-electron chi connectivity index (χ0n) is 23.8. The molecule has 1 fully saturated rings. The van der Waals surface area contributed by atoms with Crippen molar-refractivity contribution in [2.75, 3.05) is 45.6 Å². The summed E-state index contributed by atoms with van der Waals surface area (Å²) in [5, 5.41) is 0. The highest BCUT2D eigenvalue weighted by atomic mass is 32.2. The summed E-state index contributed by atoms with van der Waals surface area (Å²) in [5.74, 6) is -1.16. The van der Waals surface area contributed by atoms with Gasteiger partial charge in [0.25, 0.3) is 17.7 Å². The van der Waals surface area contributed by atoms with Crippen LogP contribution in [0.1, 0.15) is 32.3 Å². The van der Waals surface area contributed by atoms with Gasteiger partial charge >= 0.3 is 10.1 Å². The number of fused-ring (bicyclic) bond motifs is 1. The Bertz CT molecular complexity index is 1710. The highest BCUT2D eigenvalue weighted by Gasteiger charge is 2.44. The van der Waals surface area contributed by atoms with Gasteiger partial charge in [0.15, 0.2) is 23.0 Å². The molecule has 12 nitrogen and oxygen atoms in total. The number of rotatable bonds is 11. The SMILES string of the molecule is C=C1C(=O)N(c2cc(OC)c(OC)c(OC)c2)[C@H]1c1ccc(OC)c(OS(=O)(=O)CCN2C(=O)c3ccccc3C2=O)c1. The molecule has 0 unspecified atom stereocenters. The Hall–Kier alpha value is -5.04. The molecular weight excluding hydrogens is 580 g/mol. The summed E-state index contributed by atoms with van der Waals surface area (Å²) in [4.78, 5) is 40.6. The largest absolute Gasteiger partial charge is 0.493 e. The molecule has 13 heteroatoms. The van der Waals surface area contributed by atoms with Gasteiger partial charge in [0.05, 0.1) is 51.3 Å². The molecule has 3 aromatic carbocycles. The lowest BCUT2D eigenvalue weighted by molar-refractivity contribution is -0.119. The lowest BCUT2D eigenvalue weighted by Gasteiger charge is -2.42. The van der Waals surface area contributed by atoms with E-state index in [2.05, 4.69) is 6.58 Å². The van der Waals surface area contributed by atoms with Crippen molar-refractivity contribution >= 4 is 33.5 Å². The van der Waals surface area contributed by atoms with Gasteiger partial charge in [-0.25, -0.2) is 0 Å². The Balaban J connectivity index is 1.40. The number of carbonyl (C=O) groups is 3. The lowest BCUT2D eigenvalue weighted by Crippen LogP contribution is -2.48. The molecule has 3 aromatic rings. The fourth-order valence-electron chi connectivity index (χ4n) is 5.05. The number of β-lactam (4-membered cyclic amide) rings is 1. The molecule has 3 amide bonds. The summed E-state index contributed by atoms with van der Waals surface area (Å²) in [6, 6.07) is 13.4. The van der Waals surface area contributed by atoms with E-state index in [1.54, 1.807) is 30.3 Å². The monoisotopic (exact) mass is 608 g/mol. The van der Waals surface area contributed by atoms with Crippen molar-refractivity contribution < 1.29 is 45.9 Å². The molecule has 0 saturated carbocycles. The maximum Gasteiger partial charge on any atom is 0.311 e. The predicted octanol–water partition coefficient (Wildman–Crippen LogP) is 3.37. The minimum absolute atomic E-state index is 0.114. The summed E-state index contributed by atoms with van der Waals surface area (Å²) in [5.41, 5.74) is 1.62. The van der Waals surface area contributed by atoms with Crippen LogP contribution in [0.3, 0.4) is 0 Å². The van der Waals surface area contributed by atoms with E-state index < -0.39 is 40.3 Å². The first-order valence-corrected chi connectivity index (χ1v) is 14.5. The first kappa shape index (κ1) is 29.5. The average Bonchev–Trinajstić information content (AvgIpc) is 3.25. The van der Waals surface area contributed by atoms with Crippen molar-refractivity contribution in [3.05, 3.63) is 83.4 Å². The van der Waals surface area contributed by atoms with Gasteiger partial charge < -0.3 is 23.1 Å². The highest BCUT2D eigenvalue weighted by molar-refractivity contribution is 7.87. The molecule has 0 bridgehead atoms. The number of hydrogen-bond acceptors (Lipinski definition) is 10. The molecule has 43 heavy (non-hydrogen) atoms. The smallest absolute Gasteiger partial charge is 0.311 e. The van der Waals surface area contributed by atoms with Crippen molar-refractivity contribution in [2.45, 2.75) is 6.04 Å². The summed E-state index contributed by atoms with van der Waals surface area (Å²) in [7, 11) is 1.41. The molecular formula is C30H28N2O10S. The van der Waals surface area contributed by atoms with Crippen molar-refractivity contribution in [1.29, 1.82) is 0 Å². The number of hydrogen-bond donors (Lipinski definition) is 0. The quantitative estimate of drug-likeness (QED) is 0.138. The van der Waals surface area contributed by atoms with Crippen molar-refractivity contribution in [3.63, 3.8) is 0 Å². The molecule has 0 N–H and O–H groups in total. The Morgan fingerprint density at radius 3 is 1.86 bits per heavy atom. The van der Waals surface area contributed by atoms with Crippen LogP contribution in [0.5, 0.6) is 28.7 Å². The molecule has 1 atom stereocenters. The third-order valence-electron chi connectivity index (χ3n) is 7.17. The van der Waals surface area contributed by atoms with Crippen LogP contribution in [0.2, 0.25) is 0 Å². The zero-order chi connectivity index (χ0) is 31.1. The van der Waals surface area contributed by atoms with Crippen molar-refractivity contribution in [3.8, 4) is 28.7 Å². The van der Waals surface area contributed by atoms with Gasteiger partial charge in [-0.2, -0.15) is 8.42 Å². The third kappa shape index (κ3) is 5.12. The van der Waals surface area contributed by atoms with Crippen LogP contribution in [0.15, 0.2) is 66.7 Å². The molecule has 2 heterocycles. The number of nitrogens with zero attached hydrogens (tertiary/aromatic N) is 2. The average molecular weight is 609 g/mol. The van der Waals surface area contributed by atoms with Gasteiger partial charge in [-0.3, -0.25) is 24.2 Å². The van der Waals surface area contributed by atoms with E-state index in [1.165, 1.54) is 57.6 Å². The molecule has 0 aliphatic carbocycles. The second-order valence-corrected chi connectivity index (χ2v) is 11.2. The Morgan fingerprint density at radius 2 is 1.33 bits per heavy atom. The van der Waals surface area contributed by atoms with E-state index in [-0.39, 0.29) is 34.1 Å². The van der Waals surface area contributed by atoms with E-state index in [0.29, 0.717) is 28.5 Å². The van der Waals surface area contributed by atoms with Gasteiger partial charge in [-0.15, -0.1) is 0 Å². The van der Waals surface area contributed by atoms with E-state index in [1.807, 2.05) is 0 Å². The van der Waals surface area contributed by atoms with Gasteiger partial charge in [-0.05, 0) is 29.8 Å². The van der Waals surface area contributed by atoms with Gasteiger partial charge in [0.2, 0.25) is 5.75 Å². The normalized spacial score (nSPS) is 16.1. The number of methoxy groups -OCH3 is 4. The first-order chi connectivity index (χ1) is 20.5. The molecule has 0 spiro atoms. The standard InChI is InChI=1S/C30H28N2O10S/c1-17-26(32(28(17)33)19-15-24(39-3)27(41-5)25(16-19)40-4)18-10-11-22(38-2)23(14-18)42-43(36,37)13-12-31-29(34)20-8-6-7-9-21(20)30(31)35/h6-11,14-16,26H,1,12-13H2,2-5H3/t26-/m1/s1. The second-order valence-electron chi connectivity index (χ2n) is 9.55. The van der Waals surface area contributed by atoms with Gasteiger partial charge in [0, 0.05) is 24.3 Å². The van der Waals surface area contributed by atoms with E-state index in [9.17, 15) is 22.8 Å². The third-order valence-corrected chi connectivity index (χ3v) is 8.29. The summed E-state index contributed by atoms with van der Waals surface area (Å²) in [6.07, 6.45) is 0. The Labute approximate surface area is 248 Å². The second kappa shape index (κ2) is 11.3. The van der Waals surface area contributed by atoms with E-state index >= 15 is 0 Å². The topological polar surface area (TPSA) is 138 Å². The lowest BCUT2D eigenvalue weighted by atomic mass is 9.88. The Kier molecular flexibility index (Phi) is 7.76. The summed E-state index contributed by atoms with van der Waals surface area (Å²) < 4.78 is 53.0. The number of anilines is 1. The molecule has 224 valence electrons. The maximum absolute atomic E-state index is 13.0. The minimum Gasteiger partial charge on any atom is -0.493 e. The van der Waals surface area contributed by atoms with Crippen molar-refractivity contribution in [1.82, 2.24) is 4.90 Å². The fourth-order valence-corrected chi connectivity index (χ4v) is 5.95. The van der Waals surface area contributed by atoms with E-state index in [4.69, 9.17) is 23.1 Å². The summed E-state index contributed by atoms with van der Waals surface area (Å²) in [6.45, 7) is 3.50. The molecule has 0 radical (unpaired) electrons. The molecule has 0 aromatic heterocycles. The predicted molar refractivity (Wildman–Crippen MR) is 155 cm³/mol. The number of amides is 3. The van der Waals surface area contributed by atoms with Gasteiger partial charge in [-0.1, -0.05) is 24.8 Å². The number of carbonyl (C=O) groups excluding carboxylic acids is 3. The van der Waals surface area contributed by atoms with Crippen LogP contribution >= 0.6 is 0 Å². The zero-order valence-corrected chi connectivity index (χ0v) is 24.6. The number of benzene rings is 3.